The van der Waals surface area contributed by atoms with E-state index in [4.69, 9.17) is 4.74 Å². The summed E-state index contributed by atoms with van der Waals surface area (Å²) in [6.07, 6.45) is 1.66. The van der Waals surface area contributed by atoms with Gasteiger partial charge in [-0.3, -0.25) is 0 Å². The van der Waals surface area contributed by atoms with E-state index in [9.17, 15) is 0 Å². The number of hydrogen-bond donors (Lipinski definition) is 1. The van der Waals surface area contributed by atoms with Crippen LogP contribution >= 0.6 is 11.3 Å². The highest BCUT2D eigenvalue weighted by Gasteiger charge is 2.03. The van der Waals surface area contributed by atoms with Crippen molar-refractivity contribution in [2.24, 2.45) is 0 Å². The lowest BCUT2D eigenvalue weighted by molar-refractivity contribution is 0.397. The number of ether oxygens (including phenoxy) is 1. The lowest BCUT2D eigenvalue weighted by Gasteiger charge is -2.04. The summed E-state index contributed by atoms with van der Waals surface area (Å²) in [6.45, 7) is 2.67. The molecule has 0 fully saturated rings. The van der Waals surface area contributed by atoms with Crippen LogP contribution < -0.4 is 10.1 Å². The van der Waals surface area contributed by atoms with Gasteiger partial charge in [0.15, 0.2) is 0 Å². The molecule has 5 nitrogen and oxygen atoms in total. The summed E-state index contributed by atoms with van der Waals surface area (Å²) in [5.74, 6) is 1.12. The van der Waals surface area contributed by atoms with Crippen molar-refractivity contribution in [3.8, 4) is 5.88 Å². The third kappa shape index (κ3) is 2.46. The molecule has 2 aromatic rings. The van der Waals surface area contributed by atoms with E-state index in [-0.39, 0.29) is 0 Å². The highest BCUT2D eigenvalue weighted by molar-refractivity contribution is 7.09. The molecule has 2 heterocycles. The smallest absolute Gasteiger partial charge is 0.226 e. The van der Waals surface area contributed by atoms with Crippen LogP contribution in [0.4, 0.5) is 5.95 Å². The Balaban J connectivity index is 2.02. The van der Waals surface area contributed by atoms with E-state index < -0.39 is 0 Å². The fraction of sp³-hybridized carbons (Fsp3) is 0.300. The molecule has 0 aliphatic heterocycles. The number of aromatic nitrogens is 3. The van der Waals surface area contributed by atoms with Gasteiger partial charge < -0.3 is 10.1 Å². The Bertz CT molecular complexity index is 471. The van der Waals surface area contributed by atoms with Gasteiger partial charge in [-0.15, -0.1) is 11.3 Å². The predicted molar refractivity (Wildman–Crippen MR) is 62.8 cm³/mol. The molecule has 6 heteroatoms. The monoisotopic (exact) mass is 236 g/mol. The van der Waals surface area contributed by atoms with E-state index in [2.05, 4.69) is 20.3 Å². The van der Waals surface area contributed by atoms with Gasteiger partial charge >= 0.3 is 0 Å². The number of methoxy groups -OCH3 is 1. The van der Waals surface area contributed by atoms with Gasteiger partial charge in [-0.1, -0.05) is 0 Å². The highest BCUT2D eigenvalue weighted by Crippen LogP contribution is 2.14. The summed E-state index contributed by atoms with van der Waals surface area (Å²) in [5, 5.41) is 3.13. The van der Waals surface area contributed by atoms with Crippen molar-refractivity contribution in [1.82, 2.24) is 15.0 Å². The second kappa shape index (κ2) is 4.89. The molecule has 2 rings (SSSR count). The van der Waals surface area contributed by atoms with E-state index in [1.807, 2.05) is 12.4 Å². The van der Waals surface area contributed by atoms with Crippen LogP contribution in [0, 0.1) is 6.92 Å². The Labute approximate surface area is 97.5 Å². The number of nitrogens with zero attached hydrogens (tertiary/aromatic N) is 3. The minimum Gasteiger partial charge on any atom is -0.481 e. The maximum absolute atomic E-state index is 5.01. The Kier molecular flexibility index (Phi) is 3.31. The minimum absolute atomic E-state index is 0.554. The van der Waals surface area contributed by atoms with Crippen LogP contribution in [0.15, 0.2) is 17.8 Å². The molecule has 0 radical (unpaired) electrons. The Morgan fingerprint density at radius 1 is 1.44 bits per heavy atom. The third-order valence-corrected chi connectivity index (χ3v) is 3.03. The fourth-order valence-corrected chi connectivity index (χ4v) is 1.91. The predicted octanol–water partition coefficient (Wildman–Crippen LogP) is 1.86. The average molecular weight is 236 g/mol. The first-order valence-electron chi connectivity index (χ1n) is 4.79. The minimum atomic E-state index is 0.554. The first kappa shape index (κ1) is 10.8. The van der Waals surface area contributed by atoms with Gasteiger partial charge in [0.25, 0.3) is 0 Å². The number of rotatable bonds is 4. The molecule has 0 unspecified atom stereocenters. The van der Waals surface area contributed by atoms with Crippen LogP contribution in [0.1, 0.15) is 10.6 Å². The molecule has 0 atom stereocenters. The van der Waals surface area contributed by atoms with Gasteiger partial charge in [-0.25, -0.2) is 9.97 Å². The van der Waals surface area contributed by atoms with Crippen LogP contribution in [0.5, 0.6) is 5.88 Å². The van der Waals surface area contributed by atoms with Crippen LogP contribution in [0.2, 0.25) is 0 Å². The quantitative estimate of drug-likeness (QED) is 0.878. The van der Waals surface area contributed by atoms with Crippen LogP contribution in [-0.2, 0) is 6.54 Å². The van der Waals surface area contributed by atoms with E-state index in [1.165, 1.54) is 4.88 Å². The molecule has 2 aromatic heterocycles. The molecular weight excluding hydrogens is 224 g/mol. The Hall–Kier alpha value is -1.69. The standard InChI is InChI=1S/C10H12N4OS/c1-7-8(16-6-13-7)5-12-10-11-4-3-9(14-10)15-2/h3-4,6H,5H2,1-2H3,(H,11,12,14). The molecule has 0 aromatic carbocycles. The zero-order chi connectivity index (χ0) is 11.4. The van der Waals surface area contributed by atoms with Gasteiger partial charge in [-0.05, 0) is 6.92 Å². The van der Waals surface area contributed by atoms with Crippen molar-refractivity contribution in [2.45, 2.75) is 13.5 Å². The van der Waals surface area contributed by atoms with Crippen molar-refractivity contribution in [3.63, 3.8) is 0 Å². The summed E-state index contributed by atoms with van der Waals surface area (Å²) >= 11 is 1.62. The van der Waals surface area contributed by atoms with Crippen LogP contribution in [0.3, 0.4) is 0 Å². The second-order valence-electron chi connectivity index (χ2n) is 3.14. The summed E-state index contributed by atoms with van der Waals surface area (Å²) in [5.41, 5.74) is 2.87. The Morgan fingerprint density at radius 3 is 3.00 bits per heavy atom. The summed E-state index contributed by atoms with van der Waals surface area (Å²) in [6, 6.07) is 1.71. The van der Waals surface area contributed by atoms with Crippen molar-refractivity contribution in [3.05, 3.63) is 28.3 Å². The molecule has 0 saturated carbocycles. The lowest BCUT2D eigenvalue weighted by Crippen LogP contribution is -2.03. The first-order chi connectivity index (χ1) is 7.79. The van der Waals surface area contributed by atoms with Gasteiger partial charge in [0.2, 0.25) is 11.8 Å². The van der Waals surface area contributed by atoms with E-state index in [0.717, 1.165) is 5.69 Å². The van der Waals surface area contributed by atoms with E-state index >= 15 is 0 Å². The normalized spacial score (nSPS) is 10.1. The number of aryl methyl sites for hydroxylation is 1. The zero-order valence-corrected chi connectivity index (χ0v) is 9.91. The first-order valence-corrected chi connectivity index (χ1v) is 5.67. The molecule has 0 aliphatic carbocycles. The number of thiazole rings is 1. The summed E-state index contributed by atoms with van der Waals surface area (Å²) in [7, 11) is 1.58. The molecule has 0 spiro atoms. The van der Waals surface area contributed by atoms with Crippen molar-refractivity contribution in [2.75, 3.05) is 12.4 Å². The number of hydrogen-bond acceptors (Lipinski definition) is 6. The Morgan fingerprint density at radius 2 is 2.31 bits per heavy atom. The van der Waals surface area contributed by atoms with E-state index in [1.54, 1.807) is 30.7 Å². The van der Waals surface area contributed by atoms with Crippen molar-refractivity contribution in [1.29, 1.82) is 0 Å². The van der Waals surface area contributed by atoms with Gasteiger partial charge in [-0.2, -0.15) is 4.98 Å². The molecular formula is C10H12N4OS. The van der Waals surface area contributed by atoms with Gasteiger partial charge in [0.05, 0.1) is 24.9 Å². The number of anilines is 1. The number of nitrogens with one attached hydrogen (secondary N) is 1. The van der Waals surface area contributed by atoms with Crippen molar-refractivity contribution >= 4 is 17.3 Å². The zero-order valence-electron chi connectivity index (χ0n) is 9.10. The third-order valence-electron chi connectivity index (χ3n) is 2.09. The molecule has 0 bridgehead atoms. The molecule has 0 aliphatic rings. The summed E-state index contributed by atoms with van der Waals surface area (Å²) < 4.78 is 5.01. The maximum atomic E-state index is 5.01. The average Bonchev–Trinajstić information content (AvgIpc) is 2.72. The van der Waals surface area contributed by atoms with Gasteiger partial charge in [0.1, 0.15) is 0 Å². The largest absolute Gasteiger partial charge is 0.481 e. The van der Waals surface area contributed by atoms with Crippen LogP contribution in [0.25, 0.3) is 0 Å². The fourth-order valence-electron chi connectivity index (χ4n) is 1.20. The van der Waals surface area contributed by atoms with Gasteiger partial charge in [0, 0.05) is 17.1 Å². The molecule has 1 N–H and O–H groups in total. The lowest BCUT2D eigenvalue weighted by atomic mass is 10.4. The summed E-state index contributed by atoms with van der Waals surface area (Å²) in [4.78, 5) is 13.6. The van der Waals surface area contributed by atoms with Crippen LogP contribution in [-0.4, -0.2) is 22.1 Å². The molecule has 16 heavy (non-hydrogen) atoms. The van der Waals surface area contributed by atoms with Crippen molar-refractivity contribution < 1.29 is 4.74 Å². The molecule has 84 valence electrons. The second-order valence-corrected chi connectivity index (χ2v) is 4.08. The SMILES string of the molecule is COc1ccnc(NCc2scnc2C)n1. The molecule has 0 amide bonds. The molecule has 0 saturated heterocycles. The highest BCUT2D eigenvalue weighted by atomic mass is 32.1. The maximum Gasteiger partial charge on any atom is 0.226 e. The topological polar surface area (TPSA) is 59.9 Å². The van der Waals surface area contributed by atoms with E-state index in [0.29, 0.717) is 18.4 Å².